The summed E-state index contributed by atoms with van der Waals surface area (Å²) < 4.78 is 0. The summed E-state index contributed by atoms with van der Waals surface area (Å²) in [4.78, 5) is 1.36. The highest BCUT2D eigenvalue weighted by atomic mass is 32.1. The van der Waals surface area contributed by atoms with E-state index in [-0.39, 0.29) is 13.2 Å². The van der Waals surface area contributed by atoms with Gasteiger partial charge < -0.3 is 10.2 Å². The Morgan fingerprint density at radius 3 is 1.50 bits per heavy atom. The molecule has 0 atom stereocenters. The van der Waals surface area contributed by atoms with Crippen molar-refractivity contribution < 1.29 is 10.2 Å². The van der Waals surface area contributed by atoms with Crippen molar-refractivity contribution in [1.29, 1.82) is 0 Å². The summed E-state index contributed by atoms with van der Waals surface area (Å²) in [5.74, 6) is 0. The molecule has 0 saturated heterocycles. The topological polar surface area (TPSA) is 40.5 Å². The Kier molecular flexibility index (Phi) is 3.46. The minimum absolute atomic E-state index is 0.0574. The molecule has 0 aliphatic rings. The van der Waals surface area contributed by atoms with Gasteiger partial charge in [-0.2, -0.15) is 0 Å². The first-order valence-corrected chi connectivity index (χ1v) is 4.34. The molecule has 0 aliphatic carbocycles. The Morgan fingerprint density at radius 1 is 0.917 bits per heavy atom. The van der Waals surface area contributed by atoms with E-state index >= 15 is 0 Å². The van der Waals surface area contributed by atoms with Gasteiger partial charge in [0.2, 0.25) is 0 Å². The highest BCUT2D eigenvalue weighted by molar-refractivity contribution is 7.80. The zero-order valence-electron chi connectivity index (χ0n) is 6.36. The lowest BCUT2D eigenvalue weighted by atomic mass is 10.1. The van der Waals surface area contributed by atoms with Crippen molar-refractivity contribution in [3.63, 3.8) is 0 Å². The maximum Gasteiger partial charge on any atom is 0.0693 e. The molecule has 0 unspecified atom stereocenters. The van der Waals surface area contributed by atoms with Gasteiger partial charge in [-0.1, -0.05) is 0 Å². The van der Waals surface area contributed by atoms with Crippen molar-refractivity contribution in [3.05, 3.63) is 23.3 Å². The Balaban J connectivity index is 3.16. The average Bonchev–Trinajstić information content (AvgIpc) is 2.08. The Hall–Kier alpha value is -0.160. The van der Waals surface area contributed by atoms with E-state index in [2.05, 4.69) is 25.3 Å². The number of aliphatic hydroxyl groups is 2. The molecule has 1 aromatic rings. The molecule has 1 rings (SSSR count). The van der Waals surface area contributed by atoms with Gasteiger partial charge in [-0.15, -0.1) is 25.3 Å². The lowest BCUT2D eigenvalue weighted by Gasteiger charge is -2.06. The molecule has 66 valence electrons. The van der Waals surface area contributed by atoms with Crippen molar-refractivity contribution in [2.75, 3.05) is 0 Å². The number of rotatable bonds is 2. The second-order valence-electron chi connectivity index (χ2n) is 2.43. The van der Waals surface area contributed by atoms with Gasteiger partial charge in [-0.05, 0) is 23.3 Å². The molecule has 0 saturated carbocycles. The fraction of sp³-hybridized carbons (Fsp3) is 0.250. The smallest absolute Gasteiger partial charge is 0.0693 e. The molecule has 0 aromatic heterocycles. The second-order valence-corrected chi connectivity index (χ2v) is 3.39. The van der Waals surface area contributed by atoms with Gasteiger partial charge in [0, 0.05) is 9.79 Å². The predicted octanol–water partition coefficient (Wildman–Crippen LogP) is 1.25. The number of hydrogen-bond donors (Lipinski definition) is 4. The van der Waals surface area contributed by atoms with E-state index in [9.17, 15) is 0 Å². The predicted molar refractivity (Wildman–Crippen MR) is 52.8 cm³/mol. The van der Waals surface area contributed by atoms with Crippen LogP contribution in [0.2, 0.25) is 0 Å². The van der Waals surface area contributed by atoms with Crippen LogP contribution >= 0.6 is 25.3 Å². The van der Waals surface area contributed by atoms with Gasteiger partial charge in [-0.25, -0.2) is 0 Å². The number of aliphatic hydroxyl groups excluding tert-OH is 2. The van der Waals surface area contributed by atoms with E-state index < -0.39 is 0 Å². The molecule has 0 fully saturated rings. The molecule has 0 heterocycles. The molecular formula is C8H10O2S2. The summed E-state index contributed by atoms with van der Waals surface area (Å²) in [5, 5.41) is 17.7. The van der Waals surface area contributed by atoms with E-state index in [0.29, 0.717) is 9.79 Å². The Bertz CT molecular complexity index is 257. The fourth-order valence-electron chi connectivity index (χ4n) is 0.917. The number of thiol groups is 2. The van der Waals surface area contributed by atoms with Gasteiger partial charge in [0.05, 0.1) is 13.2 Å². The van der Waals surface area contributed by atoms with E-state index in [1.807, 2.05) is 0 Å². The van der Waals surface area contributed by atoms with Crippen molar-refractivity contribution >= 4 is 25.3 Å². The van der Waals surface area contributed by atoms with Crippen molar-refractivity contribution in [2.45, 2.75) is 23.0 Å². The quantitative estimate of drug-likeness (QED) is 0.545. The van der Waals surface area contributed by atoms with E-state index in [1.54, 1.807) is 12.1 Å². The summed E-state index contributed by atoms with van der Waals surface area (Å²) >= 11 is 8.29. The van der Waals surface area contributed by atoms with Crippen LogP contribution in [-0.2, 0) is 13.2 Å². The van der Waals surface area contributed by atoms with Crippen LogP contribution in [0.15, 0.2) is 21.9 Å². The van der Waals surface area contributed by atoms with Crippen molar-refractivity contribution in [3.8, 4) is 0 Å². The molecule has 2 N–H and O–H groups in total. The van der Waals surface area contributed by atoms with Crippen LogP contribution in [0.25, 0.3) is 0 Å². The van der Waals surface area contributed by atoms with E-state index in [1.165, 1.54) is 0 Å². The molecule has 0 spiro atoms. The molecule has 12 heavy (non-hydrogen) atoms. The largest absolute Gasteiger partial charge is 0.392 e. The SMILES string of the molecule is OCc1cc(S)c(CO)cc1S. The van der Waals surface area contributed by atoms with Crippen LogP contribution in [0.1, 0.15) is 11.1 Å². The van der Waals surface area contributed by atoms with E-state index in [4.69, 9.17) is 10.2 Å². The number of hydrogen-bond acceptors (Lipinski definition) is 4. The first-order valence-electron chi connectivity index (χ1n) is 3.44. The van der Waals surface area contributed by atoms with Crippen LogP contribution < -0.4 is 0 Å². The van der Waals surface area contributed by atoms with Gasteiger partial charge in [0.15, 0.2) is 0 Å². The van der Waals surface area contributed by atoms with Crippen molar-refractivity contribution in [2.24, 2.45) is 0 Å². The third-order valence-electron chi connectivity index (χ3n) is 1.62. The highest BCUT2D eigenvalue weighted by Gasteiger charge is 2.03. The normalized spacial score (nSPS) is 10.3. The van der Waals surface area contributed by atoms with Crippen LogP contribution in [0.3, 0.4) is 0 Å². The summed E-state index contributed by atoms with van der Waals surface area (Å²) in [6.45, 7) is -0.115. The van der Waals surface area contributed by atoms with Crippen LogP contribution in [0.4, 0.5) is 0 Å². The first-order chi connectivity index (χ1) is 5.69. The zero-order chi connectivity index (χ0) is 9.14. The van der Waals surface area contributed by atoms with Crippen LogP contribution in [0, 0.1) is 0 Å². The van der Waals surface area contributed by atoms with Crippen molar-refractivity contribution in [1.82, 2.24) is 0 Å². The highest BCUT2D eigenvalue weighted by Crippen LogP contribution is 2.22. The zero-order valence-corrected chi connectivity index (χ0v) is 8.15. The summed E-state index contributed by atoms with van der Waals surface area (Å²) in [6, 6.07) is 3.41. The maximum absolute atomic E-state index is 8.86. The first kappa shape index (κ1) is 9.92. The number of benzene rings is 1. The van der Waals surface area contributed by atoms with Gasteiger partial charge in [-0.3, -0.25) is 0 Å². The van der Waals surface area contributed by atoms with Gasteiger partial charge >= 0.3 is 0 Å². The third-order valence-corrected chi connectivity index (χ3v) is 2.45. The second kappa shape index (κ2) is 4.18. The molecule has 2 nitrogen and oxygen atoms in total. The molecular weight excluding hydrogens is 192 g/mol. The van der Waals surface area contributed by atoms with Gasteiger partial charge in [0.25, 0.3) is 0 Å². The lowest BCUT2D eigenvalue weighted by Crippen LogP contribution is -1.91. The Morgan fingerprint density at radius 2 is 1.25 bits per heavy atom. The maximum atomic E-state index is 8.86. The minimum atomic E-state index is -0.0574. The molecule has 0 radical (unpaired) electrons. The molecule has 0 bridgehead atoms. The summed E-state index contributed by atoms with van der Waals surface area (Å²) in [7, 11) is 0. The van der Waals surface area contributed by atoms with E-state index in [0.717, 1.165) is 11.1 Å². The molecule has 0 aliphatic heterocycles. The average molecular weight is 202 g/mol. The van der Waals surface area contributed by atoms with Crippen LogP contribution in [0.5, 0.6) is 0 Å². The Labute approximate surface area is 82.1 Å². The standard InChI is InChI=1S/C8H10O2S2/c9-3-5-1-7(11)6(4-10)2-8(5)12/h1-2,9-12H,3-4H2. The fourth-order valence-corrected chi connectivity index (χ4v) is 1.50. The third kappa shape index (κ3) is 1.95. The molecule has 0 amide bonds. The summed E-state index contributed by atoms with van der Waals surface area (Å²) in [6.07, 6.45) is 0. The minimum Gasteiger partial charge on any atom is -0.392 e. The summed E-state index contributed by atoms with van der Waals surface area (Å²) in [5.41, 5.74) is 1.45. The monoisotopic (exact) mass is 202 g/mol. The van der Waals surface area contributed by atoms with Crippen LogP contribution in [-0.4, -0.2) is 10.2 Å². The molecule has 1 aromatic carbocycles. The van der Waals surface area contributed by atoms with Gasteiger partial charge in [0.1, 0.15) is 0 Å². The lowest BCUT2D eigenvalue weighted by molar-refractivity contribution is 0.273. The molecule has 4 heteroatoms.